The lowest BCUT2D eigenvalue weighted by Gasteiger charge is -2.30. The number of benzene rings is 1. The molecule has 0 aliphatic heterocycles. The van der Waals surface area contributed by atoms with E-state index in [4.69, 9.17) is 5.11 Å². The van der Waals surface area contributed by atoms with E-state index in [1.54, 1.807) is 0 Å². The fourth-order valence-electron chi connectivity index (χ4n) is 1.75. The van der Waals surface area contributed by atoms with Gasteiger partial charge in [-0.1, -0.05) is 30.3 Å². The molecule has 0 aliphatic rings. The number of aliphatic carboxylic acids is 1. The Balaban J connectivity index is 2.67. The molecule has 3 nitrogen and oxygen atoms in total. The maximum atomic E-state index is 10.6. The van der Waals surface area contributed by atoms with E-state index in [1.165, 1.54) is 5.56 Å². The molecule has 0 heterocycles. The number of carbonyl (C=O) groups is 1. The van der Waals surface area contributed by atoms with Gasteiger partial charge in [-0.25, -0.2) is 0 Å². The van der Waals surface area contributed by atoms with E-state index in [-0.39, 0.29) is 18.5 Å². The topological polar surface area (TPSA) is 40.5 Å². The van der Waals surface area contributed by atoms with Crippen LogP contribution in [0.4, 0.5) is 0 Å². The Morgan fingerprint density at radius 2 is 1.88 bits per heavy atom. The zero-order chi connectivity index (χ0) is 12.1. The summed E-state index contributed by atoms with van der Waals surface area (Å²) in [6.45, 7) is 4.03. The molecule has 3 heteroatoms. The average molecular weight is 221 g/mol. The predicted octanol–water partition coefficient (Wildman–Crippen LogP) is 2.54. The SMILES string of the molecule is CC(CC(=O)O)N(C)C(C)c1ccccc1. The second-order valence-corrected chi connectivity index (χ2v) is 4.20. The lowest BCUT2D eigenvalue weighted by atomic mass is 10.1. The molecule has 1 rings (SSSR count). The molecular formula is C13H19NO2. The van der Waals surface area contributed by atoms with Crippen molar-refractivity contribution in [1.82, 2.24) is 4.90 Å². The van der Waals surface area contributed by atoms with Gasteiger partial charge in [0.1, 0.15) is 0 Å². The first-order valence-corrected chi connectivity index (χ1v) is 5.51. The molecule has 2 unspecified atom stereocenters. The van der Waals surface area contributed by atoms with E-state index in [9.17, 15) is 4.79 Å². The van der Waals surface area contributed by atoms with E-state index in [0.717, 1.165) is 0 Å². The summed E-state index contributed by atoms with van der Waals surface area (Å²) in [5.41, 5.74) is 1.21. The first-order chi connectivity index (χ1) is 7.52. The standard InChI is InChI=1S/C13H19NO2/c1-10(9-13(15)16)14(3)11(2)12-7-5-4-6-8-12/h4-8,10-11H,9H2,1-3H3,(H,15,16). The molecule has 0 spiro atoms. The highest BCUT2D eigenvalue weighted by molar-refractivity contribution is 5.67. The molecule has 0 bridgehead atoms. The number of hydrogen-bond donors (Lipinski definition) is 1. The third-order valence-corrected chi connectivity index (χ3v) is 3.06. The lowest BCUT2D eigenvalue weighted by Crippen LogP contribution is -2.33. The van der Waals surface area contributed by atoms with Crippen LogP contribution in [0.3, 0.4) is 0 Å². The number of hydrogen-bond acceptors (Lipinski definition) is 2. The van der Waals surface area contributed by atoms with Gasteiger partial charge >= 0.3 is 5.97 Å². The molecule has 0 radical (unpaired) electrons. The van der Waals surface area contributed by atoms with Crippen molar-refractivity contribution < 1.29 is 9.90 Å². The molecule has 0 fully saturated rings. The van der Waals surface area contributed by atoms with Gasteiger partial charge in [0.15, 0.2) is 0 Å². The summed E-state index contributed by atoms with van der Waals surface area (Å²) < 4.78 is 0. The summed E-state index contributed by atoms with van der Waals surface area (Å²) in [6.07, 6.45) is 0.174. The molecule has 0 amide bonds. The van der Waals surface area contributed by atoms with E-state index in [1.807, 2.05) is 32.2 Å². The summed E-state index contributed by atoms with van der Waals surface area (Å²) in [5, 5.41) is 8.76. The Kier molecular flexibility index (Phi) is 4.50. The highest BCUT2D eigenvalue weighted by atomic mass is 16.4. The summed E-state index contributed by atoms with van der Waals surface area (Å²) in [4.78, 5) is 12.7. The van der Waals surface area contributed by atoms with Crippen LogP contribution in [0.5, 0.6) is 0 Å². The fraction of sp³-hybridized carbons (Fsp3) is 0.462. The molecule has 1 aromatic carbocycles. The lowest BCUT2D eigenvalue weighted by molar-refractivity contribution is -0.138. The highest BCUT2D eigenvalue weighted by Gasteiger charge is 2.19. The van der Waals surface area contributed by atoms with Crippen molar-refractivity contribution in [3.05, 3.63) is 35.9 Å². The van der Waals surface area contributed by atoms with Crippen molar-refractivity contribution in [3.63, 3.8) is 0 Å². The first kappa shape index (κ1) is 12.7. The maximum absolute atomic E-state index is 10.6. The number of carboxylic acid groups (broad SMARTS) is 1. The second-order valence-electron chi connectivity index (χ2n) is 4.20. The van der Waals surface area contributed by atoms with Crippen LogP contribution < -0.4 is 0 Å². The Bertz CT molecular complexity index is 337. The second kappa shape index (κ2) is 5.66. The molecule has 0 aliphatic carbocycles. The minimum Gasteiger partial charge on any atom is -0.481 e. The van der Waals surface area contributed by atoms with Gasteiger partial charge in [0.2, 0.25) is 0 Å². The summed E-state index contributed by atoms with van der Waals surface area (Å²) in [5.74, 6) is -0.750. The largest absolute Gasteiger partial charge is 0.481 e. The van der Waals surface area contributed by atoms with Gasteiger partial charge in [0, 0.05) is 12.1 Å². The van der Waals surface area contributed by atoms with Crippen molar-refractivity contribution in [1.29, 1.82) is 0 Å². The van der Waals surface area contributed by atoms with Gasteiger partial charge in [0.25, 0.3) is 0 Å². The fourth-order valence-corrected chi connectivity index (χ4v) is 1.75. The minimum absolute atomic E-state index is 0.0349. The monoisotopic (exact) mass is 221 g/mol. The van der Waals surface area contributed by atoms with Crippen LogP contribution in [0.15, 0.2) is 30.3 Å². The van der Waals surface area contributed by atoms with Crippen LogP contribution >= 0.6 is 0 Å². The van der Waals surface area contributed by atoms with E-state index < -0.39 is 5.97 Å². The zero-order valence-corrected chi connectivity index (χ0v) is 10.1. The third kappa shape index (κ3) is 3.35. The number of rotatable bonds is 5. The van der Waals surface area contributed by atoms with Crippen LogP contribution in [0, 0.1) is 0 Å². The Labute approximate surface area is 96.7 Å². The minimum atomic E-state index is -0.750. The van der Waals surface area contributed by atoms with Crippen LogP contribution in [-0.4, -0.2) is 29.1 Å². The normalized spacial score (nSPS) is 14.8. The predicted molar refractivity (Wildman–Crippen MR) is 64.3 cm³/mol. The smallest absolute Gasteiger partial charge is 0.304 e. The first-order valence-electron chi connectivity index (χ1n) is 5.51. The average Bonchev–Trinajstić information content (AvgIpc) is 2.27. The highest BCUT2D eigenvalue weighted by Crippen LogP contribution is 2.21. The van der Waals surface area contributed by atoms with Gasteiger partial charge in [0.05, 0.1) is 6.42 Å². The summed E-state index contributed by atoms with van der Waals surface area (Å²) in [7, 11) is 1.96. The summed E-state index contributed by atoms with van der Waals surface area (Å²) in [6, 6.07) is 10.4. The molecule has 0 saturated heterocycles. The molecule has 0 aromatic heterocycles. The third-order valence-electron chi connectivity index (χ3n) is 3.06. The molecule has 88 valence electrons. The number of nitrogens with zero attached hydrogens (tertiary/aromatic N) is 1. The Morgan fingerprint density at radius 3 is 2.38 bits per heavy atom. The van der Waals surface area contributed by atoms with Gasteiger partial charge < -0.3 is 5.11 Å². The van der Waals surface area contributed by atoms with Gasteiger partial charge in [-0.3, -0.25) is 9.69 Å². The van der Waals surface area contributed by atoms with Crippen molar-refractivity contribution in [2.45, 2.75) is 32.4 Å². The van der Waals surface area contributed by atoms with Gasteiger partial charge in [-0.15, -0.1) is 0 Å². The Hall–Kier alpha value is -1.35. The molecule has 2 atom stereocenters. The summed E-state index contributed by atoms with van der Waals surface area (Å²) >= 11 is 0. The van der Waals surface area contributed by atoms with Crippen molar-refractivity contribution >= 4 is 5.97 Å². The van der Waals surface area contributed by atoms with Gasteiger partial charge in [-0.05, 0) is 26.5 Å². The molecule has 0 saturated carbocycles. The number of carboxylic acids is 1. The van der Waals surface area contributed by atoms with Crippen molar-refractivity contribution in [2.24, 2.45) is 0 Å². The van der Waals surface area contributed by atoms with Crippen LogP contribution in [0.1, 0.15) is 31.9 Å². The van der Waals surface area contributed by atoms with E-state index in [0.29, 0.717) is 0 Å². The van der Waals surface area contributed by atoms with Gasteiger partial charge in [-0.2, -0.15) is 0 Å². The zero-order valence-electron chi connectivity index (χ0n) is 10.1. The quantitative estimate of drug-likeness (QED) is 0.830. The van der Waals surface area contributed by atoms with Crippen molar-refractivity contribution in [3.8, 4) is 0 Å². The van der Waals surface area contributed by atoms with Crippen molar-refractivity contribution in [2.75, 3.05) is 7.05 Å². The van der Waals surface area contributed by atoms with Crippen LogP contribution in [-0.2, 0) is 4.79 Å². The van der Waals surface area contributed by atoms with Crippen LogP contribution in [0.2, 0.25) is 0 Å². The maximum Gasteiger partial charge on any atom is 0.304 e. The Morgan fingerprint density at radius 1 is 1.31 bits per heavy atom. The van der Waals surface area contributed by atoms with Crippen LogP contribution in [0.25, 0.3) is 0 Å². The molecular weight excluding hydrogens is 202 g/mol. The van der Waals surface area contributed by atoms with E-state index in [2.05, 4.69) is 24.0 Å². The molecule has 1 aromatic rings. The molecule has 16 heavy (non-hydrogen) atoms. The molecule has 1 N–H and O–H groups in total. The van der Waals surface area contributed by atoms with E-state index >= 15 is 0 Å².